The Labute approximate surface area is 127 Å². The summed E-state index contributed by atoms with van der Waals surface area (Å²) >= 11 is 1.28. The molecule has 1 amide bonds. The highest BCUT2D eigenvalue weighted by Crippen LogP contribution is 2.32. The molecular weight excluding hydrogens is 292 g/mol. The fourth-order valence-electron chi connectivity index (χ4n) is 2.12. The molecule has 21 heavy (non-hydrogen) atoms. The predicted molar refractivity (Wildman–Crippen MR) is 80.4 cm³/mol. The standard InChI is InChI=1S/C13H22N4O3S/c1-9(10-4-5-10)14-11(18)8-21-13-16-15-12(19)17(13)6-3-7-20-2/h9-10H,3-8H2,1-2H3,(H,14,18)(H,15,19). The van der Waals surface area contributed by atoms with Crippen molar-refractivity contribution in [1.82, 2.24) is 20.1 Å². The molecule has 2 N–H and O–H groups in total. The summed E-state index contributed by atoms with van der Waals surface area (Å²) in [7, 11) is 1.62. The molecule has 1 aliphatic rings. The van der Waals surface area contributed by atoms with Gasteiger partial charge in [0.1, 0.15) is 0 Å². The van der Waals surface area contributed by atoms with E-state index in [1.807, 2.05) is 6.92 Å². The van der Waals surface area contributed by atoms with Gasteiger partial charge in [-0.2, -0.15) is 0 Å². The third kappa shape index (κ3) is 4.89. The quantitative estimate of drug-likeness (QED) is 0.515. The van der Waals surface area contributed by atoms with Crippen molar-refractivity contribution in [2.75, 3.05) is 19.5 Å². The number of hydrogen-bond donors (Lipinski definition) is 2. The van der Waals surface area contributed by atoms with Crippen LogP contribution in [0.25, 0.3) is 0 Å². The zero-order chi connectivity index (χ0) is 15.2. The van der Waals surface area contributed by atoms with Crippen molar-refractivity contribution in [2.24, 2.45) is 5.92 Å². The second kappa shape index (κ2) is 7.65. The molecule has 1 aromatic rings. The second-order valence-corrected chi connectivity index (χ2v) is 6.23. The van der Waals surface area contributed by atoms with Crippen LogP contribution in [0.15, 0.2) is 9.95 Å². The molecule has 0 radical (unpaired) electrons. The smallest absolute Gasteiger partial charge is 0.343 e. The van der Waals surface area contributed by atoms with Gasteiger partial charge in [0.15, 0.2) is 5.16 Å². The number of hydrogen-bond acceptors (Lipinski definition) is 5. The topological polar surface area (TPSA) is 89.0 Å². The monoisotopic (exact) mass is 314 g/mol. The Morgan fingerprint density at radius 3 is 3.05 bits per heavy atom. The normalized spacial score (nSPS) is 15.9. The van der Waals surface area contributed by atoms with E-state index in [1.165, 1.54) is 24.6 Å². The minimum Gasteiger partial charge on any atom is -0.385 e. The van der Waals surface area contributed by atoms with E-state index in [0.29, 0.717) is 24.2 Å². The third-order valence-electron chi connectivity index (χ3n) is 3.50. The summed E-state index contributed by atoms with van der Waals surface area (Å²) in [5.41, 5.74) is -0.250. The Balaban J connectivity index is 1.81. The van der Waals surface area contributed by atoms with Gasteiger partial charge in [0, 0.05) is 26.3 Å². The highest BCUT2D eigenvalue weighted by molar-refractivity contribution is 7.99. The fraction of sp³-hybridized carbons (Fsp3) is 0.769. The van der Waals surface area contributed by atoms with Crippen molar-refractivity contribution < 1.29 is 9.53 Å². The number of carbonyl (C=O) groups excluding carboxylic acids is 1. The number of amides is 1. The van der Waals surface area contributed by atoms with E-state index in [1.54, 1.807) is 11.7 Å². The first-order chi connectivity index (χ1) is 10.1. The summed E-state index contributed by atoms with van der Waals surface area (Å²) in [4.78, 5) is 23.5. The summed E-state index contributed by atoms with van der Waals surface area (Å²) in [6, 6.07) is 0.237. The van der Waals surface area contributed by atoms with Crippen LogP contribution in [0.3, 0.4) is 0 Å². The van der Waals surface area contributed by atoms with Gasteiger partial charge in [-0.25, -0.2) is 9.89 Å². The molecule has 1 atom stereocenters. The molecule has 0 saturated heterocycles. The van der Waals surface area contributed by atoms with E-state index in [0.717, 1.165) is 6.42 Å². The maximum absolute atomic E-state index is 11.9. The van der Waals surface area contributed by atoms with Crippen LogP contribution in [-0.2, 0) is 16.1 Å². The molecule has 7 nitrogen and oxygen atoms in total. The zero-order valence-corrected chi connectivity index (χ0v) is 13.2. The summed E-state index contributed by atoms with van der Waals surface area (Å²) in [5.74, 6) is 0.890. The minimum absolute atomic E-state index is 0.0155. The van der Waals surface area contributed by atoms with Crippen LogP contribution in [0.2, 0.25) is 0 Å². The molecule has 0 aliphatic heterocycles. The Morgan fingerprint density at radius 2 is 2.38 bits per heavy atom. The molecule has 1 aromatic heterocycles. The summed E-state index contributed by atoms with van der Waals surface area (Å²) in [6.07, 6.45) is 3.13. The second-order valence-electron chi connectivity index (χ2n) is 5.29. The lowest BCUT2D eigenvalue weighted by Gasteiger charge is -2.12. The Morgan fingerprint density at radius 1 is 1.62 bits per heavy atom. The number of thioether (sulfide) groups is 1. The lowest BCUT2D eigenvalue weighted by molar-refractivity contribution is -0.119. The van der Waals surface area contributed by atoms with Gasteiger partial charge >= 0.3 is 5.69 Å². The van der Waals surface area contributed by atoms with Crippen LogP contribution in [0.1, 0.15) is 26.2 Å². The fourth-order valence-corrected chi connectivity index (χ4v) is 2.90. The van der Waals surface area contributed by atoms with E-state index in [9.17, 15) is 9.59 Å². The van der Waals surface area contributed by atoms with Gasteiger partial charge in [0.05, 0.1) is 5.75 Å². The van der Waals surface area contributed by atoms with Crippen molar-refractivity contribution in [2.45, 2.75) is 43.9 Å². The summed E-state index contributed by atoms with van der Waals surface area (Å²) < 4.78 is 6.52. The number of carbonyl (C=O) groups is 1. The first-order valence-corrected chi connectivity index (χ1v) is 8.16. The van der Waals surface area contributed by atoms with Crippen molar-refractivity contribution in [3.8, 4) is 0 Å². The SMILES string of the molecule is COCCCn1c(SCC(=O)NC(C)C2CC2)n[nH]c1=O. The van der Waals surface area contributed by atoms with Crippen LogP contribution >= 0.6 is 11.8 Å². The molecule has 1 unspecified atom stereocenters. The largest absolute Gasteiger partial charge is 0.385 e. The molecule has 118 valence electrons. The first-order valence-electron chi connectivity index (χ1n) is 7.18. The van der Waals surface area contributed by atoms with Crippen molar-refractivity contribution >= 4 is 17.7 Å². The van der Waals surface area contributed by atoms with E-state index in [-0.39, 0.29) is 23.4 Å². The van der Waals surface area contributed by atoms with Crippen LogP contribution in [0.5, 0.6) is 0 Å². The number of aromatic amines is 1. The molecule has 8 heteroatoms. The van der Waals surface area contributed by atoms with Crippen LogP contribution < -0.4 is 11.0 Å². The Kier molecular flexibility index (Phi) is 5.86. The number of methoxy groups -OCH3 is 1. The van der Waals surface area contributed by atoms with Gasteiger partial charge in [-0.15, -0.1) is 5.10 Å². The molecule has 0 bridgehead atoms. The van der Waals surface area contributed by atoms with Crippen LogP contribution in [0.4, 0.5) is 0 Å². The van der Waals surface area contributed by atoms with Gasteiger partial charge in [0.25, 0.3) is 0 Å². The minimum atomic E-state index is -0.250. The van der Waals surface area contributed by atoms with Crippen molar-refractivity contribution in [1.29, 1.82) is 0 Å². The average molecular weight is 314 g/mol. The third-order valence-corrected chi connectivity index (χ3v) is 4.48. The number of rotatable bonds is 9. The first kappa shape index (κ1) is 16.1. The molecular formula is C13H22N4O3S. The predicted octanol–water partition coefficient (Wildman–Crippen LogP) is 0.615. The molecule has 1 fully saturated rings. The van der Waals surface area contributed by atoms with Crippen LogP contribution in [-0.4, -0.2) is 46.2 Å². The van der Waals surface area contributed by atoms with E-state index < -0.39 is 0 Å². The van der Waals surface area contributed by atoms with Crippen LogP contribution in [0, 0.1) is 5.92 Å². The maximum atomic E-state index is 11.9. The van der Waals surface area contributed by atoms with Gasteiger partial charge in [-0.05, 0) is 32.1 Å². The number of ether oxygens (including phenoxy) is 1. The molecule has 2 rings (SSSR count). The highest BCUT2D eigenvalue weighted by Gasteiger charge is 2.28. The average Bonchev–Trinajstić information content (AvgIpc) is 3.24. The Bertz CT molecular complexity index is 524. The molecule has 1 saturated carbocycles. The lowest BCUT2D eigenvalue weighted by Crippen LogP contribution is -2.35. The number of nitrogens with one attached hydrogen (secondary N) is 2. The van der Waals surface area contributed by atoms with E-state index in [2.05, 4.69) is 15.5 Å². The number of aromatic nitrogens is 3. The lowest BCUT2D eigenvalue weighted by atomic mass is 10.2. The van der Waals surface area contributed by atoms with Gasteiger partial charge < -0.3 is 10.1 Å². The van der Waals surface area contributed by atoms with E-state index in [4.69, 9.17) is 4.74 Å². The molecule has 0 spiro atoms. The number of H-pyrrole nitrogens is 1. The number of nitrogens with zero attached hydrogens (tertiary/aromatic N) is 2. The molecule has 1 aliphatic carbocycles. The van der Waals surface area contributed by atoms with Gasteiger partial charge in [0.2, 0.25) is 5.91 Å². The molecule has 1 heterocycles. The Hall–Kier alpha value is -1.28. The maximum Gasteiger partial charge on any atom is 0.343 e. The van der Waals surface area contributed by atoms with Gasteiger partial charge in [-0.1, -0.05) is 11.8 Å². The van der Waals surface area contributed by atoms with Gasteiger partial charge in [-0.3, -0.25) is 9.36 Å². The summed E-state index contributed by atoms with van der Waals surface area (Å²) in [5, 5.41) is 9.91. The summed E-state index contributed by atoms with van der Waals surface area (Å²) in [6.45, 7) is 3.15. The van der Waals surface area contributed by atoms with Crippen molar-refractivity contribution in [3.05, 3.63) is 10.5 Å². The van der Waals surface area contributed by atoms with Crippen molar-refractivity contribution in [3.63, 3.8) is 0 Å². The molecule has 0 aromatic carbocycles. The highest BCUT2D eigenvalue weighted by atomic mass is 32.2. The zero-order valence-electron chi connectivity index (χ0n) is 12.4. The van der Waals surface area contributed by atoms with E-state index >= 15 is 0 Å².